The van der Waals surface area contributed by atoms with Crippen LogP contribution in [0.15, 0.2) is 48.5 Å². The van der Waals surface area contributed by atoms with Gasteiger partial charge in [-0.05, 0) is 42.7 Å². The summed E-state index contributed by atoms with van der Waals surface area (Å²) >= 11 is 5.88. The predicted molar refractivity (Wildman–Crippen MR) is 110 cm³/mol. The van der Waals surface area contributed by atoms with Crippen molar-refractivity contribution in [1.82, 2.24) is 10.2 Å². The van der Waals surface area contributed by atoms with Crippen molar-refractivity contribution in [3.8, 4) is 5.75 Å². The van der Waals surface area contributed by atoms with Crippen LogP contribution in [-0.2, 0) is 11.3 Å². The number of para-hydroxylation sites is 1. The fourth-order valence-corrected chi connectivity index (χ4v) is 3.34. The summed E-state index contributed by atoms with van der Waals surface area (Å²) in [6.45, 7) is 1.90. The van der Waals surface area contributed by atoms with E-state index < -0.39 is 0 Å². The first-order valence-electron chi connectivity index (χ1n) is 9.66. The first-order chi connectivity index (χ1) is 13.6. The predicted octanol–water partition coefficient (Wildman–Crippen LogP) is 4.05. The van der Waals surface area contributed by atoms with E-state index in [0.717, 1.165) is 31.5 Å². The van der Waals surface area contributed by atoms with Gasteiger partial charge in [0.05, 0.1) is 5.56 Å². The number of ether oxygens (including phenoxy) is 1. The number of hydrogen-bond donors (Lipinski definition) is 1. The molecule has 28 heavy (non-hydrogen) atoms. The molecule has 0 atom stereocenters. The van der Waals surface area contributed by atoms with Gasteiger partial charge >= 0.3 is 0 Å². The molecule has 3 rings (SSSR count). The van der Waals surface area contributed by atoms with Crippen LogP contribution in [-0.4, -0.2) is 36.4 Å². The molecule has 1 heterocycles. The lowest BCUT2D eigenvalue weighted by Crippen LogP contribution is -2.35. The zero-order chi connectivity index (χ0) is 19.8. The summed E-state index contributed by atoms with van der Waals surface area (Å²) in [7, 11) is 0. The standard InChI is InChI=1S/C22H25ClN2O3/c23-18-11-9-17(10-12-18)15-24-22(27)19-7-3-4-8-20(19)28-16-21(26)25-13-5-1-2-6-14-25/h3-4,7-12H,1-2,5-6,13-16H2,(H,24,27). The fourth-order valence-electron chi connectivity index (χ4n) is 3.21. The molecule has 2 aromatic carbocycles. The highest BCUT2D eigenvalue weighted by atomic mass is 35.5. The van der Waals surface area contributed by atoms with E-state index in [1.165, 1.54) is 12.8 Å². The monoisotopic (exact) mass is 400 g/mol. The fraction of sp³-hybridized carbons (Fsp3) is 0.364. The lowest BCUT2D eigenvalue weighted by atomic mass is 10.1. The molecule has 5 nitrogen and oxygen atoms in total. The molecule has 1 aliphatic rings. The quantitative estimate of drug-likeness (QED) is 0.795. The van der Waals surface area contributed by atoms with Crippen molar-refractivity contribution in [2.75, 3.05) is 19.7 Å². The smallest absolute Gasteiger partial charge is 0.260 e. The molecule has 0 unspecified atom stereocenters. The number of benzene rings is 2. The van der Waals surface area contributed by atoms with E-state index >= 15 is 0 Å². The van der Waals surface area contributed by atoms with Gasteiger partial charge in [-0.3, -0.25) is 9.59 Å². The zero-order valence-corrected chi connectivity index (χ0v) is 16.6. The highest BCUT2D eigenvalue weighted by Gasteiger charge is 2.18. The number of carbonyl (C=O) groups is 2. The Morgan fingerprint density at radius 2 is 1.64 bits per heavy atom. The molecule has 0 aliphatic carbocycles. The minimum atomic E-state index is -0.243. The van der Waals surface area contributed by atoms with Gasteiger partial charge in [-0.2, -0.15) is 0 Å². The molecule has 0 bridgehead atoms. The minimum absolute atomic E-state index is 0.0294. The van der Waals surface area contributed by atoms with Crippen molar-refractivity contribution < 1.29 is 14.3 Å². The van der Waals surface area contributed by atoms with E-state index in [1.807, 2.05) is 17.0 Å². The largest absolute Gasteiger partial charge is 0.483 e. The molecule has 0 saturated carbocycles. The molecule has 0 spiro atoms. The Morgan fingerprint density at radius 3 is 2.36 bits per heavy atom. The number of nitrogens with zero attached hydrogens (tertiary/aromatic N) is 1. The van der Waals surface area contributed by atoms with Crippen LogP contribution in [0.1, 0.15) is 41.6 Å². The van der Waals surface area contributed by atoms with Crippen molar-refractivity contribution in [2.24, 2.45) is 0 Å². The third kappa shape index (κ3) is 5.73. The summed E-state index contributed by atoms with van der Waals surface area (Å²) in [5.41, 5.74) is 1.37. The maximum Gasteiger partial charge on any atom is 0.260 e. The first kappa shape index (κ1) is 20.2. The van der Waals surface area contributed by atoms with Crippen molar-refractivity contribution in [2.45, 2.75) is 32.2 Å². The molecule has 0 radical (unpaired) electrons. The molecule has 0 aromatic heterocycles. The van der Waals surface area contributed by atoms with E-state index in [0.29, 0.717) is 22.9 Å². The third-order valence-corrected chi connectivity index (χ3v) is 5.06. The van der Waals surface area contributed by atoms with Crippen LogP contribution in [0.3, 0.4) is 0 Å². The topological polar surface area (TPSA) is 58.6 Å². The molecule has 1 fully saturated rings. The van der Waals surface area contributed by atoms with Gasteiger partial charge in [-0.15, -0.1) is 0 Å². The molecule has 1 saturated heterocycles. The molecule has 148 valence electrons. The van der Waals surface area contributed by atoms with Crippen molar-refractivity contribution in [3.05, 3.63) is 64.7 Å². The van der Waals surface area contributed by atoms with Crippen LogP contribution in [0.25, 0.3) is 0 Å². The zero-order valence-electron chi connectivity index (χ0n) is 15.8. The van der Waals surface area contributed by atoms with Crippen LogP contribution in [0.4, 0.5) is 0 Å². The molecule has 2 aromatic rings. The second-order valence-corrected chi connectivity index (χ2v) is 7.33. The van der Waals surface area contributed by atoms with Crippen LogP contribution in [0.5, 0.6) is 5.75 Å². The van der Waals surface area contributed by atoms with Gasteiger partial charge in [0.15, 0.2) is 6.61 Å². The number of nitrogens with one attached hydrogen (secondary N) is 1. The Morgan fingerprint density at radius 1 is 0.964 bits per heavy atom. The average Bonchev–Trinajstić information content (AvgIpc) is 3.01. The van der Waals surface area contributed by atoms with E-state index in [2.05, 4.69) is 5.32 Å². The first-order valence-corrected chi connectivity index (χ1v) is 10.0. The van der Waals surface area contributed by atoms with Gasteiger partial charge < -0.3 is 15.0 Å². The van der Waals surface area contributed by atoms with Crippen molar-refractivity contribution in [1.29, 1.82) is 0 Å². The molecule has 2 amide bonds. The summed E-state index contributed by atoms with van der Waals surface area (Å²) in [6.07, 6.45) is 4.41. The number of hydrogen-bond acceptors (Lipinski definition) is 3. The van der Waals surface area contributed by atoms with Gasteiger partial charge in [-0.25, -0.2) is 0 Å². The summed E-state index contributed by atoms with van der Waals surface area (Å²) in [6, 6.07) is 14.3. The maximum absolute atomic E-state index is 12.6. The van der Waals surface area contributed by atoms with Crippen LogP contribution >= 0.6 is 11.6 Å². The molecular weight excluding hydrogens is 376 g/mol. The van der Waals surface area contributed by atoms with E-state index in [4.69, 9.17) is 16.3 Å². The third-order valence-electron chi connectivity index (χ3n) is 4.81. The number of likely N-dealkylation sites (tertiary alicyclic amines) is 1. The normalized spacial score (nSPS) is 14.2. The Kier molecular flexibility index (Phi) is 7.31. The second kappa shape index (κ2) is 10.1. The van der Waals surface area contributed by atoms with Crippen LogP contribution in [0, 0.1) is 0 Å². The molecule has 1 N–H and O–H groups in total. The van der Waals surface area contributed by atoms with Gasteiger partial charge in [-0.1, -0.05) is 48.7 Å². The SMILES string of the molecule is O=C(NCc1ccc(Cl)cc1)c1ccccc1OCC(=O)N1CCCCCC1. The van der Waals surface area contributed by atoms with Gasteiger partial charge in [0.2, 0.25) is 0 Å². The second-order valence-electron chi connectivity index (χ2n) is 6.89. The highest BCUT2D eigenvalue weighted by Crippen LogP contribution is 2.19. The number of amides is 2. The number of rotatable bonds is 6. The molecular formula is C22H25ClN2O3. The summed E-state index contributed by atoms with van der Waals surface area (Å²) in [5, 5.41) is 3.53. The van der Waals surface area contributed by atoms with Gasteiger partial charge in [0, 0.05) is 24.7 Å². The average molecular weight is 401 g/mol. The maximum atomic E-state index is 12.6. The van der Waals surface area contributed by atoms with Crippen LogP contribution in [0.2, 0.25) is 5.02 Å². The lowest BCUT2D eigenvalue weighted by molar-refractivity contribution is -0.133. The molecule has 1 aliphatic heterocycles. The Hall–Kier alpha value is -2.53. The molecule has 6 heteroatoms. The summed E-state index contributed by atoms with van der Waals surface area (Å²) < 4.78 is 5.71. The summed E-state index contributed by atoms with van der Waals surface area (Å²) in [4.78, 5) is 26.9. The Labute approximate surface area is 170 Å². The van der Waals surface area contributed by atoms with E-state index in [-0.39, 0.29) is 18.4 Å². The van der Waals surface area contributed by atoms with Crippen molar-refractivity contribution >= 4 is 23.4 Å². The summed E-state index contributed by atoms with van der Waals surface area (Å²) in [5.74, 6) is 0.144. The minimum Gasteiger partial charge on any atom is -0.483 e. The van der Waals surface area contributed by atoms with Gasteiger partial charge in [0.1, 0.15) is 5.75 Å². The van der Waals surface area contributed by atoms with Crippen molar-refractivity contribution in [3.63, 3.8) is 0 Å². The highest BCUT2D eigenvalue weighted by molar-refractivity contribution is 6.30. The Bertz CT molecular complexity index is 800. The lowest BCUT2D eigenvalue weighted by Gasteiger charge is -2.20. The van der Waals surface area contributed by atoms with Gasteiger partial charge in [0.25, 0.3) is 11.8 Å². The number of halogens is 1. The van der Waals surface area contributed by atoms with Crippen LogP contribution < -0.4 is 10.1 Å². The van der Waals surface area contributed by atoms with E-state index in [9.17, 15) is 9.59 Å². The number of carbonyl (C=O) groups excluding carboxylic acids is 2. The van der Waals surface area contributed by atoms with E-state index in [1.54, 1.807) is 36.4 Å². The Balaban J connectivity index is 1.57.